The third-order valence-electron chi connectivity index (χ3n) is 14.8. The van der Waals surface area contributed by atoms with Crippen LogP contribution >= 0.6 is 0 Å². The van der Waals surface area contributed by atoms with Crippen molar-refractivity contribution >= 4 is 112 Å². The predicted molar refractivity (Wildman–Crippen MR) is 340 cm³/mol. The molecule has 1 rings (SSSR count). The number of guanidine groups is 1. The number of nitrogens with one attached hydrogen (secondary N) is 10. The summed E-state index contributed by atoms with van der Waals surface area (Å²) < 4.78 is 0. The number of carboxylic acid groups (broad SMARTS) is 3. The fourth-order valence-corrected chi connectivity index (χ4v) is 9.51. The van der Waals surface area contributed by atoms with Gasteiger partial charge in [0.1, 0.15) is 66.5 Å². The normalized spacial score (nSPS) is 15.8. The first-order valence-electron chi connectivity index (χ1n) is 31.2. The van der Waals surface area contributed by atoms with E-state index in [2.05, 4.69) is 52.8 Å². The number of aliphatic carboxylic acids is 3. The molecular weight excluding hydrogens is 1320 g/mol. The summed E-state index contributed by atoms with van der Waals surface area (Å²) >= 11 is 0. The van der Waals surface area contributed by atoms with Crippen LogP contribution in [0, 0.1) is 5.92 Å². The lowest BCUT2D eigenvalue weighted by Crippen LogP contribution is -2.61. The zero-order chi connectivity index (χ0) is 75.4. The van der Waals surface area contributed by atoms with E-state index < -0.39 is 262 Å². The lowest BCUT2D eigenvalue weighted by atomic mass is 10.0. The quantitative estimate of drug-likeness (QED) is 0.0153. The number of hydrogen-bond donors (Lipinski definition) is 23. The standard InChI is InChI=1S/C56H94N20O23/c1-25(2)43(55(98)99)75-53(96)36-9-6-20-76(36)54(97)33(21-40(62)82)72-49(92)31(13-17-41(83)84)68-50(93)32(22-42(85)86)71-48(91)30(12-16-39(61)81)70-52(95)35(24-78)74-46(89)28(8-5-19-65-56(63)64)67-47(90)29(11-15-38(60)80)69-51(94)34(23-77)73-45(88)27(7-3-4-18-57)66-44(87)26(58)10-14-37(59)79/h25-36,43,77-78H,3-24,57-58H2,1-2H3,(H2,59,79)(H2,60,80)(H2,61,81)(H2,62,82)(H,66,87)(H,67,90)(H,68,93)(H,69,94)(H,70,95)(H,71,91)(H,72,92)(H,73,88)(H,74,89)(H,75,96)(H,83,84)(H,85,86)(H,98,99)(H4,63,64,65)/t26-,27-,28-,29-,30-,31-,32-,33-,34-,35-,36-,43-/m0/s1. The van der Waals surface area contributed by atoms with Gasteiger partial charge in [-0.1, -0.05) is 13.8 Å². The summed E-state index contributed by atoms with van der Waals surface area (Å²) in [6, 6.07) is -21.2. The number of carbonyl (C=O) groups is 18. The highest BCUT2D eigenvalue weighted by Gasteiger charge is 2.42. The third-order valence-corrected chi connectivity index (χ3v) is 14.8. The molecule has 99 heavy (non-hydrogen) atoms. The summed E-state index contributed by atoms with van der Waals surface area (Å²) in [6.45, 7) is 0.412. The Balaban J connectivity index is 3.62. The molecule has 43 heteroatoms. The molecule has 1 heterocycles. The van der Waals surface area contributed by atoms with E-state index in [-0.39, 0.29) is 64.6 Å². The summed E-state index contributed by atoms with van der Waals surface area (Å²) in [5, 5.41) is 71.8. The van der Waals surface area contributed by atoms with Crippen LogP contribution in [0.15, 0.2) is 4.99 Å². The van der Waals surface area contributed by atoms with Crippen LogP contribution in [0.2, 0.25) is 0 Å². The highest BCUT2D eigenvalue weighted by atomic mass is 16.4. The first kappa shape index (κ1) is 86.6. The number of hydrogen-bond acceptors (Lipinski definition) is 23. The molecule has 556 valence electrons. The fourth-order valence-electron chi connectivity index (χ4n) is 9.51. The second-order valence-electron chi connectivity index (χ2n) is 23.2. The summed E-state index contributed by atoms with van der Waals surface area (Å²) in [4.78, 5) is 240. The van der Waals surface area contributed by atoms with E-state index in [0.29, 0.717) is 6.42 Å². The van der Waals surface area contributed by atoms with Gasteiger partial charge in [-0.3, -0.25) is 86.5 Å². The number of unbranched alkanes of at least 4 members (excludes halogenated alkanes) is 1. The second-order valence-corrected chi connectivity index (χ2v) is 23.2. The molecule has 0 radical (unpaired) electrons. The number of nitrogens with zero attached hydrogens (tertiary/aromatic N) is 2. The van der Waals surface area contributed by atoms with Crippen LogP contribution in [-0.4, -0.2) is 248 Å². The number of amides is 15. The largest absolute Gasteiger partial charge is 0.481 e. The molecule has 0 aromatic carbocycles. The van der Waals surface area contributed by atoms with Gasteiger partial charge in [0.15, 0.2) is 5.96 Å². The van der Waals surface area contributed by atoms with Gasteiger partial charge in [-0.05, 0) is 83.1 Å². The predicted octanol–water partition coefficient (Wildman–Crippen LogP) is -11.9. The average molecular weight is 1420 g/mol. The zero-order valence-corrected chi connectivity index (χ0v) is 54.7. The number of aliphatic imine (C=N–C) groups is 1. The molecule has 43 nitrogen and oxygen atoms in total. The van der Waals surface area contributed by atoms with E-state index in [1.54, 1.807) is 0 Å². The number of primary amides is 4. The molecule has 0 aliphatic carbocycles. The van der Waals surface area contributed by atoms with Crippen LogP contribution in [0.5, 0.6) is 0 Å². The molecule has 1 fully saturated rings. The number of rotatable bonds is 49. The Morgan fingerprint density at radius 2 is 0.828 bits per heavy atom. The number of nitrogens with two attached hydrogens (primary N) is 8. The van der Waals surface area contributed by atoms with Crippen molar-refractivity contribution in [2.75, 3.05) is 32.8 Å². The van der Waals surface area contributed by atoms with Gasteiger partial charge in [0.2, 0.25) is 88.6 Å². The Labute approximate surface area is 566 Å². The minimum atomic E-state index is -2.26. The monoisotopic (exact) mass is 1410 g/mol. The Hall–Kier alpha value is -10.4. The molecule has 0 bridgehead atoms. The van der Waals surface area contributed by atoms with Crippen LogP contribution < -0.4 is 99.0 Å². The maximum absolute atomic E-state index is 14.1. The van der Waals surface area contributed by atoms with Crippen molar-refractivity contribution in [2.45, 2.75) is 196 Å². The van der Waals surface area contributed by atoms with E-state index >= 15 is 0 Å². The van der Waals surface area contributed by atoms with Crippen molar-refractivity contribution < 1.29 is 112 Å². The topological polar surface area (TPSA) is 752 Å². The number of likely N-dealkylation sites (tertiary alicyclic amines) is 1. The fraction of sp³-hybridized carbons (Fsp3) is 0.661. The van der Waals surface area contributed by atoms with Crippen LogP contribution in [0.1, 0.15) is 123 Å². The minimum absolute atomic E-state index is 0.00763. The van der Waals surface area contributed by atoms with E-state index in [1.165, 1.54) is 13.8 Å². The molecule has 0 unspecified atom stereocenters. The van der Waals surface area contributed by atoms with Gasteiger partial charge in [0.05, 0.1) is 32.1 Å². The molecule has 1 saturated heterocycles. The summed E-state index contributed by atoms with van der Waals surface area (Å²) in [6.07, 6.45) is -6.94. The lowest BCUT2D eigenvalue weighted by Gasteiger charge is -2.30. The molecule has 15 amide bonds. The molecule has 0 aromatic rings. The molecule has 1 aliphatic heterocycles. The second kappa shape index (κ2) is 44.4. The minimum Gasteiger partial charge on any atom is -0.481 e. The summed E-state index contributed by atoms with van der Waals surface area (Å²) in [7, 11) is 0. The van der Waals surface area contributed by atoms with Crippen molar-refractivity contribution in [3.63, 3.8) is 0 Å². The molecule has 12 atom stereocenters. The Morgan fingerprint density at radius 1 is 0.444 bits per heavy atom. The molecule has 0 spiro atoms. The Kier molecular flexibility index (Phi) is 38.8. The average Bonchev–Trinajstić information content (AvgIpc) is 1.76. The van der Waals surface area contributed by atoms with Gasteiger partial charge in [0, 0.05) is 38.8 Å². The van der Waals surface area contributed by atoms with Gasteiger partial charge < -0.3 is 129 Å². The maximum atomic E-state index is 14.1. The maximum Gasteiger partial charge on any atom is 0.326 e. The van der Waals surface area contributed by atoms with Crippen LogP contribution in [0.4, 0.5) is 0 Å². The van der Waals surface area contributed by atoms with E-state index in [4.69, 9.17) is 45.9 Å². The van der Waals surface area contributed by atoms with Crippen molar-refractivity contribution in [3.05, 3.63) is 0 Å². The smallest absolute Gasteiger partial charge is 0.326 e. The number of carboxylic acids is 3. The van der Waals surface area contributed by atoms with Gasteiger partial charge in [0.25, 0.3) is 0 Å². The zero-order valence-electron chi connectivity index (χ0n) is 54.7. The summed E-state index contributed by atoms with van der Waals surface area (Å²) in [5.41, 5.74) is 43.5. The van der Waals surface area contributed by atoms with Crippen molar-refractivity contribution in [1.29, 1.82) is 0 Å². The number of aliphatic hydroxyl groups excluding tert-OH is 2. The SMILES string of the molecule is CC(C)[C@H](NC(=O)[C@@H]1CCCN1C(=O)[C@H](CC(N)=O)NC(=O)[C@H](CCC(=O)O)NC(=O)[C@H](CC(=O)O)NC(=O)[C@H](CCC(N)=O)NC(=O)[C@H](CO)NC(=O)[C@H](CCCN=C(N)N)NC(=O)[C@H](CCC(N)=O)NC(=O)[C@H](CO)NC(=O)[C@H](CCCCN)NC(=O)[C@@H](N)CCC(N)=O)C(=O)O. The third kappa shape index (κ3) is 32.9. The number of aliphatic hydroxyl groups is 2. The molecule has 0 aromatic heterocycles. The van der Waals surface area contributed by atoms with Gasteiger partial charge in [-0.2, -0.15) is 0 Å². The molecular formula is C56H94N20O23. The Morgan fingerprint density at radius 3 is 1.22 bits per heavy atom. The van der Waals surface area contributed by atoms with Gasteiger partial charge in [-0.15, -0.1) is 0 Å². The van der Waals surface area contributed by atoms with E-state index in [0.717, 1.165) is 4.90 Å². The van der Waals surface area contributed by atoms with E-state index in [9.17, 15) is 112 Å². The highest BCUT2D eigenvalue weighted by Crippen LogP contribution is 2.21. The van der Waals surface area contributed by atoms with Crippen molar-refractivity contribution in [3.8, 4) is 0 Å². The van der Waals surface area contributed by atoms with Crippen LogP contribution in [0.3, 0.4) is 0 Å². The lowest BCUT2D eigenvalue weighted by molar-refractivity contribution is -0.146. The van der Waals surface area contributed by atoms with Crippen molar-refractivity contribution in [2.24, 2.45) is 56.8 Å². The molecule has 31 N–H and O–H groups in total. The molecule has 1 aliphatic rings. The van der Waals surface area contributed by atoms with Gasteiger partial charge >= 0.3 is 17.9 Å². The van der Waals surface area contributed by atoms with Crippen molar-refractivity contribution in [1.82, 2.24) is 58.1 Å². The van der Waals surface area contributed by atoms with E-state index in [1.807, 2.05) is 5.32 Å². The van der Waals surface area contributed by atoms with Crippen LogP contribution in [-0.2, 0) is 86.3 Å². The first-order chi connectivity index (χ1) is 46.4. The molecule has 0 saturated carbocycles. The Bertz CT molecular complexity index is 2930. The highest BCUT2D eigenvalue weighted by molar-refractivity contribution is 6.01. The number of carbonyl (C=O) groups excluding carboxylic acids is 15. The van der Waals surface area contributed by atoms with Crippen LogP contribution in [0.25, 0.3) is 0 Å². The first-order valence-corrected chi connectivity index (χ1v) is 31.2. The van der Waals surface area contributed by atoms with Gasteiger partial charge in [-0.25, -0.2) is 4.79 Å². The summed E-state index contributed by atoms with van der Waals surface area (Å²) in [5.74, 6) is -23.3.